The van der Waals surface area contributed by atoms with Crippen LogP contribution in [0.15, 0.2) is 36.5 Å². The molecule has 1 aromatic carbocycles. The van der Waals surface area contributed by atoms with E-state index in [0.717, 1.165) is 10.3 Å². The number of anilines is 2. The van der Waals surface area contributed by atoms with Gasteiger partial charge in [-0.05, 0) is 25.0 Å². The monoisotopic (exact) mass is 288 g/mol. The molecule has 0 saturated heterocycles. The molecular weight excluding hydrogens is 272 g/mol. The standard InChI is InChI=1S/C14H16N4O3/c15-13-17-11(9-18(13)14(20)21)7-4-8-12(19)16-10-5-2-1-3-6-10/h1-3,5-6,9H,4,7-8H2,(H2,15,17)(H,16,19)(H,20,21). The maximum atomic E-state index is 11.7. The molecule has 0 bridgehead atoms. The number of nitrogens with one attached hydrogen (secondary N) is 1. The SMILES string of the molecule is Nc1nc(CCCC(=O)Nc2ccccc2)cn1C(=O)O. The summed E-state index contributed by atoms with van der Waals surface area (Å²) < 4.78 is 0.860. The average Bonchev–Trinajstić information content (AvgIpc) is 2.81. The molecule has 0 radical (unpaired) electrons. The second-order valence-corrected chi connectivity index (χ2v) is 4.51. The van der Waals surface area contributed by atoms with E-state index >= 15 is 0 Å². The molecule has 0 aliphatic rings. The van der Waals surface area contributed by atoms with Crippen LogP contribution >= 0.6 is 0 Å². The maximum Gasteiger partial charge on any atom is 0.418 e. The number of nitrogens with zero attached hydrogens (tertiary/aromatic N) is 2. The maximum absolute atomic E-state index is 11.7. The smallest absolute Gasteiger partial charge is 0.418 e. The molecule has 4 N–H and O–H groups in total. The van der Waals surface area contributed by atoms with Crippen LogP contribution in [0, 0.1) is 0 Å². The van der Waals surface area contributed by atoms with Crippen molar-refractivity contribution < 1.29 is 14.7 Å². The fraction of sp³-hybridized carbons (Fsp3) is 0.214. The lowest BCUT2D eigenvalue weighted by Gasteiger charge is -2.03. The summed E-state index contributed by atoms with van der Waals surface area (Å²) in [5.74, 6) is -0.155. The Labute approximate surface area is 121 Å². The average molecular weight is 288 g/mol. The molecule has 2 aromatic rings. The number of carbonyl (C=O) groups is 2. The van der Waals surface area contributed by atoms with E-state index < -0.39 is 6.09 Å². The van der Waals surface area contributed by atoms with Gasteiger partial charge < -0.3 is 16.2 Å². The topological polar surface area (TPSA) is 110 Å². The second-order valence-electron chi connectivity index (χ2n) is 4.51. The van der Waals surface area contributed by atoms with E-state index in [-0.39, 0.29) is 11.9 Å². The van der Waals surface area contributed by atoms with Crippen LogP contribution in [0.2, 0.25) is 0 Å². The molecule has 0 fully saturated rings. The Bertz CT molecular complexity index is 637. The summed E-state index contributed by atoms with van der Waals surface area (Å²) in [5, 5.41) is 11.6. The van der Waals surface area contributed by atoms with Gasteiger partial charge in [-0.2, -0.15) is 0 Å². The minimum absolute atomic E-state index is 0.0637. The molecule has 0 spiro atoms. The molecule has 0 aliphatic heterocycles. The fourth-order valence-corrected chi connectivity index (χ4v) is 1.89. The number of carbonyl (C=O) groups excluding carboxylic acids is 1. The highest BCUT2D eigenvalue weighted by atomic mass is 16.4. The number of carboxylic acid groups (broad SMARTS) is 1. The zero-order chi connectivity index (χ0) is 15.2. The summed E-state index contributed by atoms with van der Waals surface area (Å²) in [7, 11) is 0. The van der Waals surface area contributed by atoms with Crippen LogP contribution in [-0.4, -0.2) is 26.7 Å². The number of hydrogen-bond donors (Lipinski definition) is 3. The van der Waals surface area contributed by atoms with Gasteiger partial charge in [0.25, 0.3) is 0 Å². The number of amides is 1. The van der Waals surface area contributed by atoms with Gasteiger partial charge in [-0.25, -0.2) is 14.3 Å². The number of aryl methyl sites for hydroxylation is 1. The highest BCUT2D eigenvalue weighted by Crippen LogP contribution is 2.10. The first-order valence-corrected chi connectivity index (χ1v) is 6.48. The molecule has 7 heteroatoms. The predicted octanol–water partition coefficient (Wildman–Crippen LogP) is 1.95. The van der Waals surface area contributed by atoms with Crippen LogP contribution < -0.4 is 11.1 Å². The van der Waals surface area contributed by atoms with E-state index in [9.17, 15) is 9.59 Å². The quantitative estimate of drug-likeness (QED) is 0.778. The van der Waals surface area contributed by atoms with Crippen molar-refractivity contribution >= 4 is 23.6 Å². The van der Waals surface area contributed by atoms with Crippen LogP contribution in [-0.2, 0) is 11.2 Å². The molecule has 0 aliphatic carbocycles. The number of aromatic nitrogens is 2. The van der Waals surface area contributed by atoms with Gasteiger partial charge in [0.2, 0.25) is 11.9 Å². The van der Waals surface area contributed by atoms with Crippen molar-refractivity contribution in [3.8, 4) is 0 Å². The van der Waals surface area contributed by atoms with E-state index in [1.54, 1.807) is 0 Å². The van der Waals surface area contributed by atoms with Gasteiger partial charge in [0, 0.05) is 18.3 Å². The number of imidazole rings is 1. The zero-order valence-corrected chi connectivity index (χ0v) is 11.3. The van der Waals surface area contributed by atoms with E-state index in [4.69, 9.17) is 10.8 Å². The van der Waals surface area contributed by atoms with Crippen LogP contribution in [0.5, 0.6) is 0 Å². The molecule has 1 aromatic heterocycles. The zero-order valence-electron chi connectivity index (χ0n) is 11.3. The lowest BCUT2D eigenvalue weighted by molar-refractivity contribution is -0.116. The van der Waals surface area contributed by atoms with Crippen molar-refractivity contribution in [3.05, 3.63) is 42.2 Å². The Hall–Kier alpha value is -2.83. The van der Waals surface area contributed by atoms with Crippen molar-refractivity contribution in [2.45, 2.75) is 19.3 Å². The Morgan fingerprint density at radius 3 is 2.62 bits per heavy atom. The third-order valence-corrected chi connectivity index (χ3v) is 2.88. The van der Waals surface area contributed by atoms with E-state index in [0.29, 0.717) is 25.0 Å². The largest absolute Gasteiger partial charge is 0.464 e. The highest BCUT2D eigenvalue weighted by Gasteiger charge is 2.10. The van der Waals surface area contributed by atoms with Gasteiger partial charge in [-0.1, -0.05) is 18.2 Å². The highest BCUT2D eigenvalue weighted by molar-refractivity contribution is 5.90. The number of rotatable bonds is 5. The van der Waals surface area contributed by atoms with Gasteiger partial charge in [-0.3, -0.25) is 4.79 Å². The van der Waals surface area contributed by atoms with Gasteiger partial charge in [0.15, 0.2) is 0 Å². The van der Waals surface area contributed by atoms with Gasteiger partial charge in [-0.15, -0.1) is 0 Å². The number of nitrogen functional groups attached to an aromatic ring is 1. The van der Waals surface area contributed by atoms with E-state index in [2.05, 4.69) is 10.3 Å². The first-order chi connectivity index (χ1) is 10.1. The summed E-state index contributed by atoms with van der Waals surface area (Å²) in [4.78, 5) is 26.5. The number of nitrogens with two attached hydrogens (primary N) is 1. The van der Waals surface area contributed by atoms with Crippen LogP contribution in [0.3, 0.4) is 0 Å². The Morgan fingerprint density at radius 1 is 1.29 bits per heavy atom. The molecule has 1 heterocycles. The second kappa shape index (κ2) is 6.56. The fourth-order valence-electron chi connectivity index (χ4n) is 1.89. The van der Waals surface area contributed by atoms with Crippen LogP contribution in [0.1, 0.15) is 18.5 Å². The summed E-state index contributed by atoms with van der Waals surface area (Å²) in [5.41, 5.74) is 6.78. The van der Waals surface area contributed by atoms with Crippen molar-refractivity contribution in [3.63, 3.8) is 0 Å². The molecule has 21 heavy (non-hydrogen) atoms. The van der Waals surface area contributed by atoms with Gasteiger partial charge >= 0.3 is 6.09 Å². The lowest BCUT2D eigenvalue weighted by atomic mass is 10.2. The predicted molar refractivity (Wildman–Crippen MR) is 78.1 cm³/mol. The van der Waals surface area contributed by atoms with Crippen LogP contribution in [0.25, 0.3) is 0 Å². The number of para-hydroxylation sites is 1. The minimum Gasteiger partial charge on any atom is -0.464 e. The minimum atomic E-state index is -1.17. The molecule has 110 valence electrons. The molecule has 0 unspecified atom stereocenters. The molecule has 0 saturated carbocycles. The Morgan fingerprint density at radius 2 is 2.00 bits per heavy atom. The summed E-state index contributed by atoms with van der Waals surface area (Å²) in [6.45, 7) is 0. The molecule has 2 rings (SSSR count). The number of hydrogen-bond acceptors (Lipinski definition) is 4. The van der Waals surface area contributed by atoms with Crippen molar-refractivity contribution in [2.75, 3.05) is 11.1 Å². The van der Waals surface area contributed by atoms with Gasteiger partial charge in [0.1, 0.15) is 0 Å². The summed E-state index contributed by atoms with van der Waals surface area (Å²) in [6.07, 6.45) is 1.58. The molecule has 7 nitrogen and oxygen atoms in total. The molecular formula is C14H16N4O3. The Balaban J connectivity index is 1.80. The van der Waals surface area contributed by atoms with E-state index in [1.807, 2.05) is 30.3 Å². The first kappa shape index (κ1) is 14.6. The normalized spacial score (nSPS) is 10.3. The number of benzene rings is 1. The third-order valence-electron chi connectivity index (χ3n) is 2.88. The summed E-state index contributed by atoms with van der Waals surface area (Å²) >= 11 is 0. The molecule has 1 amide bonds. The van der Waals surface area contributed by atoms with Crippen molar-refractivity contribution in [1.82, 2.24) is 9.55 Å². The molecule has 0 atom stereocenters. The lowest BCUT2D eigenvalue weighted by Crippen LogP contribution is -2.11. The van der Waals surface area contributed by atoms with Crippen molar-refractivity contribution in [2.24, 2.45) is 0 Å². The summed E-state index contributed by atoms with van der Waals surface area (Å²) in [6, 6.07) is 9.19. The third kappa shape index (κ3) is 4.07. The van der Waals surface area contributed by atoms with E-state index in [1.165, 1.54) is 6.20 Å². The Kier molecular flexibility index (Phi) is 4.55. The first-order valence-electron chi connectivity index (χ1n) is 6.48. The van der Waals surface area contributed by atoms with Crippen LogP contribution in [0.4, 0.5) is 16.4 Å². The van der Waals surface area contributed by atoms with Crippen molar-refractivity contribution in [1.29, 1.82) is 0 Å². The van der Waals surface area contributed by atoms with Gasteiger partial charge in [0.05, 0.1) is 5.69 Å².